The fourth-order valence-corrected chi connectivity index (χ4v) is 3.03. The summed E-state index contributed by atoms with van der Waals surface area (Å²) in [5.41, 5.74) is 1.60. The molecule has 0 unspecified atom stereocenters. The van der Waals surface area contributed by atoms with Crippen molar-refractivity contribution in [3.63, 3.8) is 0 Å². The summed E-state index contributed by atoms with van der Waals surface area (Å²) < 4.78 is 1.49. The summed E-state index contributed by atoms with van der Waals surface area (Å²) in [6.45, 7) is 0.0551. The van der Waals surface area contributed by atoms with Crippen molar-refractivity contribution >= 4 is 34.1 Å². The molecule has 1 aliphatic heterocycles. The Bertz CT molecular complexity index is 974. The number of pyridine rings is 1. The van der Waals surface area contributed by atoms with Crippen LogP contribution in [0.15, 0.2) is 53.3 Å². The molecule has 1 aromatic heterocycles. The van der Waals surface area contributed by atoms with Crippen molar-refractivity contribution in [1.29, 1.82) is 0 Å². The number of hydrogen-bond acceptors (Lipinski definition) is 2. The molecule has 4 rings (SSSR count). The summed E-state index contributed by atoms with van der Waals surface area (Å²) in [5.74, 6) is 0.374. The zero-order valence-corrected chi connectivity index (χ0v) is 12.2. The topological polar surface area (TPSA) is 51.1 Å². The summed E-state index contributed by atoms with van der Waals surface area (Å²) in [6.07, 6.45) is 0. The van der Waals surface area contributed by atoms with Crippen molar-refractivity contribution in [1.82, 2.24) is 4.57 Å². The van der Waals surface area contributed by atoms with Crippen LogP contribution in [-0.4, -0.2) is 10.5 Å². The predicted molar refractivity (Wildman–Crippen MR) is 87.3 cm³/mol. The van der Waals surface area contributed by atoms with Crippen LogP contribution in [0.5, 0.6) is 0 Å². The first-order valence-corrected chi connectivity index (χ1v) is 7.24. The molecule has 0 fully saturated rings. The van der Waals surface area contributed by atoms with Crippen LogP contribution in [-0.2, 0) is 11.3 Å². The quantitative estimate of drug-likeness (QED) is 0.750. The summed E-state index contributed by atoms with van der Waals surface area (Å²) in [4.78, 5) is 24.3. The number of carbonyl (C=O) groups excluding carboxylic acids is 1. The van der Waals surface area contributed by atoms with Gasteiger partial charge in [0.15, 0.2) is 0 Å². The summed E-state index contributed by atoms with van der Waals surface area (Å²) in [6, 6.07) is 14.8. The molecule has 0 saturated heterocycles. The second kappa shape index (κ2) is 4.71. The Labute approximate surface area is 131 Å². The number of rotatable bonds is 1. The third kappa shape index (κ3) is 1.84. The molecule has 0 radical (unpaired) electrons. The molecule has 1 aliphatic rings. The smallest absolute Gasteiger partial charge is 0.260 e. The van der Waals surface area contributed by atoms with E-state index in [0.717, 1.165) is 16.5 Å². The van der Waals surface area contributed by atoms with Crippen molar-refractivity contribution in [3.8, 4) is 11.1 Å². The van der Waals surface area contributed by atoms with Gasteiger partial charge in [-0.2, -0.15) is 0 Å². The van der Waals surface area contributed by atoms with Gasteiger partial charge in [0.1, 0.15) is 12.4 Å². The molecule has 0 atom stereocenters. The van der Waals surface area contributed by atoms with Crippen LogP contribution in [0.4, 0.5) is 5.82 Å². The van der Waals surface area contributed by atoms with Crippen LogP contribution < -0.4 is 10.9 Å². The summed E-state index contributed by atoms with van der Waals surface area (Å²) in [7, 11) is 0. The first-order chi connectivity index (χ1) is 10.6. The number of amides is 1. The fraction of sp³-hybridized carbons (Fsp3) is 0.0588. The normalized spacial score (nSPS) is 13.2. The molecule has 5 heteroatoms. The number of hydrogen-bond donors (Lipinski definition) is 1. The lowest BCUT2D eigenvalue weighted by Gasteiger charge is -2.13. The van der Waals surface area contributed by atoms with E-state index in [1.165, 1.54) is 4.57 Å². The van der Waals surface area contributed by atoms with Gasteiger partial charge in [-0.3, -0.25) is 14.2 Å². The van der Waals surface area contributed by atoms with E-state index in [-0.39, 0.29) is 18.0 Å². The molecule has 0 saturated carbocycles. The van der Waals surface area contributed by atoms with Crippen LogP contribution in [0.1, 0.15) is 0 Å². The van der Waals surface area contributed by atoms with Crippen molar-refractivity contribution in [3.05, 3.63) is 63.9 Å². The second-order valence-electron chi connectivity index (χ2n) is 5.22. The SMILES string of the molecule is O=C1Cn2c(c(-c3ccc(Cl)cc3)c3ccccc3c2=O)N1. The van der Waals surface area contributed by atoms with Crippen LogP contribution in [0.25, 0.3) is 21.9 Å². The van der Waals surface area contributed by atoms with Gasteiger partial charge in [-0.15, -0.1) is 0 Å². The van der Waals surface area contributed by atoms with Gasteiger partial charge in [0, 0.05) is 16.0 Å². The molecule has 0 bridgehead atoms. The molecule has 22 heavy (non-hydrogen) atoms. The van der Waals surface area contributed by atoms with Crippen LogP contribution in [0, 0.1) is 0 Å². The van der Waals surface area contributed by atoms with Crippen molar-refractivity contribution in [2.75, 3.05) is 5.32 Å². The van der Waals surface area contributed by atoms with Crippen molar-refractivity contribution < 1.29 is 4.79 Å². The third-order valence-electron chi connectivity index (χ3n) is 3.87. The highest BCUT2D eigenvalue weighted by molar-refractivity contribution is 6.30. The lowest BCUT2D eigenvalue weighted by Crippen LogP contribution is -2.19. The molecule has 0 aliphatic carbocycles. The Morgan fingerprint density at radius 1 is 0.955 bits per heavy atom. The number of benzene rings is 2. The number of aromatic nitrogens is 1. The number of carbonyl (C=O) groups is 1. The average Bonchev–Trinajstić information content (AvgIpc) is 2.91. The van der Waals surface area contributed by atoms with E-state index < -0.39 is 0 Å². The predicted octanol–water partition coefficient (Wildman–Crippen LogP) is 3.27. The van der Waals surface area contributed by atoms with Crippen molar-refractivity contribution in [2.45, 2.75) is 6.54 Å². The average molecular weight is 311 g/mol. The molecule has 2 heterocycles. The van der Waals surface area contributed by atoms with Gasteiger partial charge in [0.2, 0.25) is 5.91 Å². The number of anilines is 1. The van der Waals surface area contributed by atoms with E-state index in [1.807, 2.05) is 30.3 Å². The maximum atomic E-state index is 12.6. The Morgan fingerprint density at radius 2 is 1.64 bits per heavy atom. The fourth-order valence-electron chi connectivity index (χ4n) is 2.90. The zero-order chi connectivity index (χ0) is 15.3. The van der Waals surface area contributed by atoms with Gasteiger partial charge in [-0.05, 0) is 29.1 Å². The maximum absolute atomic E-state index is 12.6. The van der Waals surface area contributed by atoms with Gasteiger partial charge >= 0.3 is 0 Å². The van der Waals surface area contributed by atoms with E-state index in [2.05, 4.69) is 5.32 Å². The largest absolute Gasteiger partial charge is 0.310 e. The molecule has 0 spiro atoms. The number of nitrogens with zero attached hydrogens (tertiary/aromatic N) is 1. The highest BCUT2D eigenvalue weighted by atomic mass is 35.5. The highest BCUT2D eigenvalue weighted by Crippen LogP contribution is 2.36. The number of nitrogens with one attached hydrogen (secondary N) is 1. The third-order valence-corrected chi connectivity index (χ3v) is 4.12. The zero-order valence-electron chi connectivity index (χ0n) is 11.5. The summed E-state index contributed by atoms with van der Waals surface area (Å²) in [5, 5.41) is 4.87. The first-order valence-electron chi connectivity index (χ1n) is 6.86. The van der Waals surface area contributed by atoms with Crippen LogP contribution in [0.2, 0.25) is 5.02 Å². The Hall–Kier alpha value is -2.59. The molecular weight excluding hydrogens is 300 g/mol. The van der Waals surface area contributed by atoms with Gasteiger partial charge in [0.25, 0.3) is 5.56 Å². The maximum Gasteiger partial charge on any atom is 0.260 e. The van der Waals surface area contributed by atoms with Gasteiger partial charge in [-0.1, -0.05) is 41.9 Å². The second-order valence-corrected chi connectivity index (χ2v) is 5.65. The molecule has 2 aromatic carbocycles. The van der Waals surface area contributed by atoms with E-state index in [0.29, 0.717) is 16.2 Å². The van der Waals surface area contributed by atoms with Crippen LogP contribution in [0.3, 0.4) is 0 Å². The Balaban J connectivity index is 2.15. The minimum absolute atomic E-state index is 0.0551. The van der Waals surface area contributed by atoms with Gasteiger partial charge < -0.3 is 5.32 Å². The molecule has 3 aromatic rings. The Kier molecular flexibility index (Phi) is 2.81. The van der Waals surface area contributed by atoms with E-state index >= 15 is 0 Å². The number of halogens is 1. The molecule has 1 N–H and O–H groups in total. The minimum atomic E-state index is -0.178. The van der Waals surface area contributed by atoms with E-state index in [4.69, 9.17) is 11.6 Å². The molecule has 1 amide bonds. The molecular formula is C17H11ClN2O2. The molecule has 4 nitrogen and oxygen atoms in total. The van der Waals surface area contributed by atoms with E-state index in [9.17, 15) is 9.59 Å². The van der Waals surface area contributed by atoms with Crippen molar-refractivity contribution in [2.24, 2.45) is 0 Å². The minimum Gasteiger partial charge on any atom is -0.310 e. The Morgan fingerprint density at radius 3 is 2.36 bits per heavy atom. The lowest BCUT2D eigenvalue weighted by molar-refractivity contribution is -0.115. The first kappa shape index (κ1) is 13.1. The highest BCUT2D eigenvalue weighted by Gasteiger charge is 2.25. The van der Waals surface area contributed by atoms with Gasteiger partial charge in [-0.25, -0.2) is 0 Å². The van der Waals surface area contributed by atoms with Crippen LogP contribution >= 0.6 is 11.6 Å². The van der Waals surface area contributed by atoms with Gasteiger partial charge in [0.05, 0.1) is 0 Å². The number of fused-ring (bicyclic) bond motifs is 2. The lowest BCUT2D eigenvalue weighted by atomic mass is 9.99. The van der Waals surface area contributed by atoms with E-state index in [1.54, 1.807) is 18.2 Å². The molecule has 108 valence electrons. The summed E-state index contributed by atoms with van der Waals surface area (Å²) >= 11 is 5.96. The standard InChI is InChI=1S/C17H11ClN2O2/c18-11-7-5-10(6-8-11)15-12-3-1-2-4-13(12)17(22)20-9-14(21)19-16(15)20/h1-8H,9H2,(H,19,21). The monoisotopic (exact) mass is 310 g/mol.